The maximum Gasteiger partial charge on any atom is 0.413 e. The molecule has 0 aromatic carbocycles. The number of hydrogen-bond donors (Lipinski definition) is 2. The van der Waals surface area contributed by atoms with Gasteiger partial charge in [0.05, 0.1) is 6.61 Å². The summed E-state index contributed by atoms with van der Waals surface area (Å²) in [5.41, 5.74) is 0. The van der Waals surface area contributed by atoms with Crippen LogP contribution in [-0.2, 0) is 9.53 Å². The van der Waals surface area contributed by atoms with Gasteiger partial charge in [0.25, 0.3) is 0 Å². The van der Waals surface area contributed by atoms with E-state index in [1.807, 2.05) is 13.8 Å². The second-order valence-corrected chi connectivity index (χ2v) is 4.92. The van der Waals surface area contributed by atoms with Gasteiger partial charge in [-0.25, -0.2) is 14.6 Å². The number of nitrogens with zero attached hydrogens (tertiary/aromatic N) is 1. The number of nitrogens with one attached hydrogen (secondary N) is 1. The fourth-order valence-corrected chi connectivity index (χ4v) is 1.65. The highest BCUT2D eigenvalue weighted by molar-refractivity contribution is 7.16. The van der Waals surface area contributed by atoms with Gasteiger partial charge in [-0.3, -0.25) is 5.32 Å². The van der Waals surface area contributed by atoms with E-state index in [0.717, 1.165) is 17.4 Å². The lowest BCUT2D eigenvalue weighted by Crippen LogP contribution is -2.16. The summed E-state index contributed by atoms with van der Waals surface area (Å²) in [6.07, 6.45) is 3.33. The van der Waals surface area contributed by atoms with Crippen LogP contribution < -0.4 is 5.32 Å². The van der Waals surface area contributed by atoms with Crippen molar-refractivity contribution in [3.63, 3.8) is 0 Å². The molecule has 2 N–H and O–H groups in total. The molecule has 0 aliphatic carbocycles. The highest BCUT2D eigenvalue weighted by Gasteiger charge is 2.07. The second-order valence-electron chi connectivity index (χ2n) is 3.86. The zero-order valence-electron chi connectivity index (χ0n) is 10.0. The maximum absolute atomic E-state index is 11.3. The first-order valence-electron chi connectivity index (χ1n) is 5.28. The molecule has 7 heteroatoms. The van der Waals surface area contributed by atoms with Gasteiger partial charge in [0.2, 0.25) is 0 Å². The van der Waals surface area contributed by atoms with Crippen molar-refractivity contribution in [3.8, 4) is 0 Å². The quantitative estimate of drug-likeness (QED) is 0.802. The fraction of sp³-hybridized carbons (Fsp3) is 0.364. The topological polar surface area (TPSA) is 88.5 Å². The minimum absolute atomic E-state index is 0.265. The van der Waals surface area contributed by atoms with Crippen LogP contribution in [-0.4, -0.2) is 28.8 Å². The molecule has 0 saturated heterocycles. The van der Waals surface area contributed by atoms with Crippen LogP contribution in [0.5, 0.6) is 0 Å². The number of carbonyl (C=O) groups excluding carboxylic acids is 1. The molecule has 0 saturated carbocycles. The van der Waals surface area contributed by atoms with Crippen molar-refractivity contribution in [2.75, 3.05) is 11.9 Å². The molecule has 0 aliphatic rings. The summed E-state index contributed by atoms with van der Waals surface area (Å²) in [5.74, 6) is -0.768. The largest absolute Gasteiger partial charge is 0.478 e. The molecule has 0 atom stereocenters. The zero-order valence-corrected chi connectivity index (χ0v) is 10.9. The molecule has 1 rings (SSSR count). The maximum atomic E-state index is 11.3. The van der Waals surface area contributed by atoms with Gasteiger partial charge in [-0.2, -0.15) is 0 Å². The smallest absolute Gasteiger partial charge is 0.413 e. The van der Waals surface area contributed by atoms with Crippen molar-refractivity contribution in [1.82, 2.24) is 4.98 Å². The average Bonchev–Trinajstić information content (AvgIpc) is 2.71. The van der Waals surface area contributed by atoms with E-state index in [-0.39, 0.29) is 5.92 Å². The molecular formula is C11H14N2O4S. The predicted octanol–water partition coefficient (Wildman–Crippen LogP) is 2.45. The van der Waals surface area contributed by atoms with E-state index in [9.17, 15) is 9.59 Å². The molecule has 0 fully saturated rings. The van der Waals surface area contributed by atoms with Gasteiger partial charge in [-0.15, -0.1) is 0 Å². The van der Waals surface area contributed by atoms with Crippen LogP contribution in [0.25, 0.3) is 6.08 Å². The molecule has 0 spiro atoms. The van der Waals surface area contributed by atoms with Crippen molar-refractivity contribution in [2.24, 2.45) is 5.92 Å². The Morgan fingerprint density at radius 3 is 2.94 bits per heavy atom. The van der Waals surface area contributed by atoms with Crippen LogP contribution in [0.3, 0.4) is 0 Å². The summed E-state index contributed by atoms with van der Waals surface area (Å²) < 4.78 is 4.92. The number of aromatic nitrogens is 1. The lowest BCUT2D eigenvalue weighted by Gasteiger charge is -2.06. The molecule has 0 unspecified atom stereocenters. The van der Waals surface area contributed by atoms with Gasteiger partial charge in [0.1, 0.15) is 0 Å². The molecular weight excluding hydrogens is 256 g/mol. The summed E-state index contributed by atoms with van der Waals surface area (Å²) in [6, 6.07) is 0. The molecule has 6 nitrogen and oxygen atoms in total. The predicted molar refractivity (Wildman–Crippen MR) is 68.6 cm³/mol. The molecule has 18 heavy (non-hydrogen) atoms. The van der Waals surface area contributed by atoms with E-state index in [2.05, 4.69) is 10.3 Å². The molecule has 98 valence electrons. The Hall–Kier alpha value is -1.89. The highest BCUT2D eigenvalue weighted by atomic mass is 32.1. The lowest BCUT2D eigenvalue weighted by atomic mass is 10.2. The SMILES string of the molecule is CC(C)COC(=O)Nc1ncc(/C=C/C(=O)O)s1. The Morgan fingerprint density at radius 1 is 1.61 bits per heavy atom. The molecule has 1 heterocycles. The van der Waals surface area contributed by atoms with Crippen LogP contribution in [0.15, 0.2) is 12.3 Å². The van der Waals surface area contributed by atoms with Crippen LogP contribution in [0.4, 0.5) is 9.93 Å². The third-order valence-electron chi connectivity index (χ3n) is 1.67. The van der Waals surface area contributed by atoms with Gasteiger partial charge in [-0.1, -0.05) is 25.2 Å². The molecule has 1 amide bonds. The fourth-order valence-electron chi connectivity index (χ4n) is 0.941. The van der Waals surface area contributed by atoms with E-state index in [1.54, 1.807) is 0 Å². The Bertz CT molecular complexity index is 454. The van der Waals surface area contributed by atoms with E-state index < -0.39 is 12.1 Å². The Labute approximate surface area is 108 Å². The number of ether oxygens (including phenoxy) is 1. The van der Waals surface area contributed by atoms with E-state index >= 15 is 0 Å². The summed E-state index contributed by atoms with van der Waals surface area (Å²) >= 11 is 1.16. The minimum atomic E-state index is -1.03. The number of aliphatic carboxylic acids is 1. The molecule has 0 bridgehead atoms. The third kappa shape index (κ3) is 5.44. The number of carboxylic acid groups (broad SMARTS) is 1. The van der Waals surface area contributed by atoms with E-state index in [0.29, 0.717) is 16.6 Å². The summed E-state index contributed by atoms with van der Waals surface area (Å²) in [5, 5.41) is 11.3. The number of carboxylic acids is 1. The number of rotatable bonds is 5. The van der Waals surface area contributed by atoms with Crippen LogP contribution in [0.2, 0.25) is 0 Å². The Balaban J connectivity index is 2.48. The molecule has 1 aromatic rings. The van der Waals surface area contributed by atoms with E-state index in [1.165, 1.54) is 12.3 Å². The van der Waals surface area contributed by atoms with Crippen LogP contribution in [0.1, 0.15) is 18.7 Å². The summed E-state index contributed by atoms with van der Waals surface area (Å²) in [4.78, 5) is 26.2. The van der Waals surface area contributed by atoms with Crippen molar-refractivity contribution >= 4 is 34.6 Å². The monoisotopic (exact) mass is 270 g/mol. The van der Waals surface area contributed by atoms with Crippen molar-refractivity contribution < 1.29 is 19.4 Å². The van der Waals surface area contributed by atoms with Gasteiger partial charge in [-0.05, 0) is 12.0 Å². The van der Waals surface area contributed by atoms with Crippen molar-refractivity contribution in [1.29, 1.82) is 0 Å². The second kappa shape index (κ2) is 6.75. The first kappa shape index (κ1) is 14.2. The van der Waals surface area contributed by atoms with E-state index in [4.69, 9.17) is 9.84 Å². The Morgan fingerprint density at radius 2 is 2.33 bits per heavy atom. The van der Waals surface area contributed by atoms with Crippen LogP contribution in [0, 0.1) is 5.92 Å². The number of anilines is 1. The normalized spacial score (nSPS) is 10.8. The lowest BCUT2D eigenvalue weighted by molar-refractivity contribution is -0.131. The molecule has 1 aromatic heterocycles. The first-order chi connectivity index (χ1) is 8.47. The van der Waals surface area contributed by atoms with Gasteiger partial charge >= 0.3 is 12.1 Å². The minimum Gasteiger partial charge on any atom is -0.478 e. The number of thiazole rings is 1. The van der Waals surface area contributed by atoms with Crippen molar-refractivity contribution in [2.45, 2.75) is 13.8 Å². The van der Waals surface area contributed by atoms with Gasteiger partial charge in [0, 0.05) is 17.2 Å². The van der Waals surface area contributed by atoms with Crippen molar-refractivity contribution in [3.05, 3.63) is 17.2 Å². The number of carbonyl (C=O) groups is 2. The molecule has 0 radical (unpaired) electrons. The summed E-state index contributed by atoms with van der Waals surface area (Å²) in [7, 11) is 0. The summed E-state index contributed by atoms with van der Waals surface area (Å²) in [6.45, 7) is 4.21. The zero-order chi connectivity index (χ0) is 13.5. The van der Waals surface area contributed by atoms with Gasteiger partial charge < -0.3 is 9.84 Å². The first-order valence-corrected chi connectivity index (χ1v) is 6.09. The standard InChI is InChI=1S/C11H14N2O4S/c1-7(2)6-17-11(16)13-10-12-5-8(18-10)3-4-9(14)15/h3-5,7H,6H2,1-2H3,(H,14,15)(H,12,13,16)/b4-3+. The third-order valence-corrected chi connectivity index (χ3v) is 2.55. The van der Waals surface area contributed by atoms with Gasteiger partial charge in [0.15, 0.2) is 5.13 Å². The number of amides is 1. The Kier molecular flexibility index (Phi) is 5.31. The average molecular weight is 270 g/mol. The number of hydrogen-bond acceptors (Lipinski definition) is 5. The highest BCUT2D eigenvalue weighted by Crippen LogP contribution is 2.19. The molecule has 0 aliphatic heterocycles. The van der Waals surface area contributed by atoms with Crippen LogP contribution >= 0.6 is 11.3 Å².